The Bertz CT molecular complexity index is 953. The SMILES string of the molecule is O=C(Nc1cc(Cl)ccc1O)c1ccc(-n2ccc(C(F)(F)F)n2)cc1. The fraction of sp³-hybridized carbons (Fsp3) is 0.0588. The predicted molar refractivity (Wildman–Crippen MR) is 89.6 cm³/mol. The zero-order chi connectivity index (χ0) is 18.9. The van der Waals surface area contributed by atoms with Crippen LogP contribution in [0.25, 0.3) is 5.69 Å². The van der Waals surface area contributed by atoms with Gasteiger partial charge in [-0.1, -0.05) is 11.6 Å². The number of hydrogen-bond acceptors (Lipinski definition) is 3. The van der Waals surface area contributed by atoms with Gasteiger partial charge in [-0.05, 0) is 48.5 Å². The maximum atomic E-state index is 12.6. The van der Waals surface area contributed by atoms with Gasteiger partial charge in [0.15, 0.2) is 5.69 Å². The molecule has 134 valence electrons. The van der Waals surface area contributed by atoms with Crippen LogP contribution in [0.15, 0.2) is 54.7 Å². The van der Waals surface area contributed by atoms with Crippen molar-refractivity contribution >= 4 is 23.2 Å². The van der Waals surface area contributed by atoms with Crippen LogP contribution >= 0.6 is 11.6 Å². The molecule has 0 saturated carbocycles. The van der Waals surface area contributed by atoms with Crippen molar-refractivity contribution in [3.05, 3.63) is 71.0 Å². The van der Waals surface area contributed by atoms with E-state index in [1.54, 1.807) is 0 Å². The van der Waals surface area contributed by atoms with Crippen molar-refractivity contribution in [1.29, 1.82) is 0 Å². The Balaban J connectivity index is 1.78. The molecule has 1 heterocycles. The molecule has 0 unspecified atom stereocenters. The van der Waals surface area contributed by atoms with Gasteiger partial charge in [-0.15, -0.1) is 0 Å². The third kappa shape index (κ3) is 3.80. The summed E-state index contributed by atoms with van der Waals surface area (Å²) in [5.74, 6) is -0.652. The first-order valence-corrected chi connectivity index (χ1v) is 7.65. The third-order valence-electron chi connectivity index (χ3n) is 3.48. The van der Waals surface area contributed by atoms with Gasteiger partial charge in [0.1, 0.15) is 5.75 Å². The van der Waals surface area contributed by atoms with Crippen LogP contribution in [-0.2, 0) is 6.18 Å². The second-order valence-corrected chi connectivity index (χ2v) is 5.74. The number of anilines is 1. The number of amides is 1. The highest BCUT2D eigenvalue weighted by Crippen LogP contribution is 2.28. The van der Waals surface area contributed by atoms with Crippen molar-refractivity contribution in [1.82, 2.24) is 9.78 Å². The molecule has 9 heteroatoms. The minimum absolute atomic E-state index is 0.143. The van der Waals surface area contributed by atoms with Crippen molar-refractivity contribution in [2.45, 2.75) is 6.18 Å². The first-order chi connectivity index (χ1) is 12.2. The van der Waals surface area contributed by atoms with E-state index < -0.39 is 17.8 Å². The van der Waals surface area contributed by atoms with E-state index in [9.17, 15) is 23.1 Å². The van der Waals surface area contributed by atoms with Crippen LogP contribution < -0.4 is 5.32 Å². The van der Waals surface area contributed by atoms with E-state index in [0.717, 1.165) is 10.7 Å². The second-order valence-electron chi connectivity index (χ2n) is 5.31. The highest BCUT2D eigenvalue weighted by Gasteiger charge is 2.33. The third-order valence-corrected chi connectivity index (χ3v) is 3.72. The number of phenols is 1. The topological polar surface area (TPSA) is 67.2 Å². The van der Waals surface area contributed by atoms with Gasteiger partial charge in [0.2, 0.25) is 0 Å². The predicted octanol–water partition coefficient (Wildman–Crippen LogP) is 4.50. The number of benzene rings is 2. The van der Waals surface area contributed by atoms with E-state index in [4.69, 9.17) is 11.6 Å². The van der Waals surface area contributed by atoms with Gasteiger partial charge in [-0.25, -0.2) is 4.68 Å². The number of halogens is 4. The molecule has 5 nitrogen and oxygen atoms in total. The van der Waals surface area contributed by atoms with Gasteiger partial charge < -0.3 is 10.4 Å². The zero-order valence-corrected chi connectivity index (χ0v) is 13.7. The lowest BCUT2D eigenvalue weighted by molar-refractivity contribution is -0.141. The highest BCUT2D eigenvalue weighted by molar-refractivity contribution is 6.31. The number of aromatic hydroxyl groups is 1. The molecule has 0 saturated heterocycles. The fourth-order valence-electron chi connectivity index (χ4n) is 2.19. The maximum absolute atomic E-state index is 12.6. The Morgan fingerprint density at radius 1 is 1.12 bits per heavy atom. The summed E-state index contributed by atoms with van der Waals surface area (Å²) >= 11 is 5.82. The molecule has 0 aliphatic rings. The van der Waals surface area contributed by atoms with Crippen LogP contribution in [0, 0.1) is 0 Å². The minimum atomic E-state index is -4.52. The van der Waals surface area contributed by atoms with Crippen LogP contribution in [0.2, 0.25) is 5.02 Å². The zero-order valence-electron chi connectivity index (χ0n) is 13.0. The van der Waals surface area contributed by atoms with Crippen LogP contribution in [0.1, 0.15) is 16.1 Å². The fourth-order valence-corrected chi connectivity index (χ4v) is 2.36. The molecule has 0 fully saturated rings. The van der Waals surface area contributed by atoms with E-state index in [2.05, 4.69) is 10.4 Å². The second kappa shape index (κ2) is 6.72. The van der Waals surface area contributed by atoms with Crippen LogP contribution in [0.4, 0.5) is 18.9 Å². The average molecular weight is 382 g/mol. The van der Waals surface area contributed by atoms with E-state index in [-0.39, 0.29) is 17.0 Å². The van der Waals surface area contributed by atoms with Crippen molar-refractivity contribution in [3.8, 4) is 11.4 Å². The molecule has 3 rings (SSSR count). The summed E-state index contributed by atoms with van der Waals surface area (Å²) in [6, 6.07) is 10.9. The Morgan fingerprint density at radius 2 is 1.81 bits per heavy atom. The number of carbonyl (C=O) groups excluding carboxylic acids is 1. The first-order valence-electron chi connectivity index (χ1n) is 7.27. The number of nitrogens with one attached hydrogen (secondary N) is 1. The highest BCUT2D eigenvalue weighted by atomic mass is 35.5. The lowest BCUT2D eigenvalue weighted by atomic mass is 10.2. The van der Waals surface area contributed by atoms with E-state index in [1.165, 1.54) is 48.7 Å². The van der Waals surface area contributed by atoms with Gasteiger partial charge in [0.05, 0.1) is 11.4 Å². The lowest BCUT2D eigenvalue weighted by Gasteiger charge is -2.08. The smallest absolute Gasteiger partial charge is 0.435 e. The number of hydrogen-bond donors (Lipinski definition) is 2. The minimum Gasteiger partial charge on any atom is -0.506 e. The summed E-state index contributed by atoms with van der Waals surface area (Å²) in [4.78, 5) is 12.2. The maximum Gasteiger partial charge on any atom is 0.435 e. The van der Waals surface area contributed by atoms with Crippen molar-refractivity contribution in [2.24, 2.45) is 0 Å². The van der Waals surface area contributed by atoms with Crippen LogP contribution in [0.5, 0.6) is 5.75 Å². The monoisotopic (exact) mass is 381 g/mol. The molecule has 2 aromatic carbocycles. The normalized spacial score (nSPS) is 11.4. The van der Waals surface area contributed by atoms with E-state index in [0.29, 0.717) is 10.7 Å². The number of nitrogens with zero attached hydrogens (tertiary/aromatic N) is 2. The summed E-state index contributed by atoms with van der Waals surface area (Å²) in [5.41, 5.74) is -0.247. The van der Waals surface area contributed by atoms with Gasteiger partial charge in [0, 0.05) is 16.8 Å². The van der Waals surface area contributed by atoms with Gasteiger partial charge >= 0.3 is 6.18 Å². The summed E-state index contributed by atoms with van der Waals surface area (Å²) in [6.07, 6.45) is -3.34. The molecule has 0 atom stereocenters. The summed E-state index contributed by atoms with van der Waals surface area (Å²) in [6.45, 7) is 0. The van der Waals surface area contributed by atoms with Gasteiger partial charge in [-0.2, -0.15) is 18.3 Å². The molecular weight excluding hydrogens is 371 g/mol. The number of alkyl halides is 3. The number of rotatable bonds is 3. The quantitative estimate of drug-likeness (QED) is 0.656. The van der Waals surface area contributed by atoms with Gasteiger partial charge in [0.25, 0.3) is 5.91 Å². The van der Waals surface area contributed by atoms with Crippen molar-refractivity contribution in [2.75, 3.05) is 5.32 Å². The molecule has 2 N–H and O–H groups in total. The largest absolute Gasteiger partial charge is 0.506 e. The molecule has 26 heavy (non-hydrogen) atoms. The lowest BCUT2D eigenvalue weighted by Crippen LogP contribution is -2.12. The Hall–Kier alpha value is -3.00. The molecule has 0 aliphatic heterocycles. The average Bonchev–Trinajstić information content (AvgIpc) is 3.09. The summed E-state index contributed by atoms with van der Waals surface area (Å²) in [5, 5.41) is 16.0. The standard InChI is InChI=1S/C17H11ClF3N3O2/c18-11-3-6-14(25)13(9-11)22-16(26)10-1-4-12(5-2-10)24-8-7-15(23-24)17(19,20)21/h1-9,25H,(H,22,26). The molecule has 0 bridgehead atoms. The molecule has 0 spiro atoms. The molecule has 3 aromatic rings. The first kappa shape index (κ1) is 17.8. The number of phenolic OH excluding ortho intramolecular Hbond substituents is 1. The number of carbonyl (C=O) groups is 1. The van der Waals surface area contributed by atoms with Gasteiger partial charge in [-0.3, -0.25) is 4.79 Å². The summed E-state index contributed by atoms with van der Waals surface area (Å²) in [7, 11) is 0. The van der Waals surface area contributed by atoms with E-state index in [1.807, 2.05) is 0 Å². The molecule has 0 aliphatic carbocycles. The molecule has 0 radical (unpaired) electrons. The van der Waals surface area contributed by atoms with E-state index >= 15 is 0 Å². The van der Waals surface area contributed by atoms with Crippen molar-refractivity contribution in [3.63, 3.8) is 0 Å². The Labute approximate surface area is 150 Å². The summed E-state index contributed by atoms with van der Waals surface area (Å²) < 4.78 is 38.9. The molecule has 1 aromatic heterocycles. The number of aromatic nitrogens is 2. The van der Waals surface area contributed by atoms with Crippen LogP contribution in [-0.4, -0.2) is 20.8 Å². The van der Waals surface area contributed by atoms with Crippen LogP contribution in [0.3, 0.4) is 0 Å². The Morgan fingerprint density at radius 3 is 2.42 bits per heavy atom. The molecule has 1 amide bonds. The van der Waals surface area contributed by atoms with Crippen molar-refractivity contribution < 1.29 is 23.1 Å². The molecular formula is C17H11ClF3N3O2. The Kier molecular flexibility index (Phi) is 4.60.